The average Bonchev–Trinajstić information content (AvgIpc) is 1.68. The Bertz CT molecular complexity index is 7760. The van der Waals surface area contributed by atoms with Gasteiger partial charge in [0.25, 0.3) is 0 Å². The summed E-state index contributed by atoms with van der Waals surface area (Å²) in [7, 11) is 0. The molecule has 23 aromatic rings. The third-order valence-electron chi connectivity index (χ3n) is 23.6. The van der Waals surface area contributed by atoms with E-state index in [9.17, 15) is 0 Å². The monoisotopic (exact) mass is 1500 g/mol. The molecule has 0 saturated heterocycles. The van der Waals surface area contributed by atoms with Gasteiger partial charge in [-0.2, -0.15) is 0 Å². The number of para-hydroxylation sites is 2. The van der Waals surface area contributed by atoms with Crippen LogP contribution >= 0.6 is 22.7 Å². The summed E-state index contributed by atoms with van der Waals surface area (Å²) in [6.07, 6.45) is 0. The molecule has 0 saturated carbocycles. The highest BCUT2D eigenvalue weighted by molar-refractivity contribution is 7.26. The van der Waals surface area contributed by atoms with Crippen LogP contribution in [0.5, 0.6) is 0 Å². The molecular formula is C112H76OS2. The van der Waals surface area contributed by atoms with Crippen molar-refractivity contribution in [3.63, 3.8) is 0 Å². The van der Waals surface area contributed by atoms with Gasteiger partial charge in [0.1, 0.15) is 11.2 Å². The molecule has 0 bridgehead atoms. The molecule has 0 fully saturated rings. The van der Waals surface area contributed by atoms with E-state index >= 15 is 0 Å². The zero-order valence-corrected chi connectivity index (χ0v) is 65.8. The number of rotatable bonds is 8. The largest absolute Gasteiger partial charge is 0.455 e. The highest BCUT2D eigenvalue weighted by atomic mass is 32.1. The van der Waals surface area contributed by atoms with Crippen LogP contribution in [0.15, 0.2) is 393 Å². The lowest BCUT2D eigenvalue weighted by Crippen LogP contribution is -1.91. The molecule has 20 aromatic carbocycles. The molecule has 0 amide bonds. The molecule has 3 heterocycles. The summed E-state index contributed by atoms with van der Waals surface area (Å²) in [5.41, 5.74) is 27.2. The Morgan fingerprint density at radius 2 is 0.530 bits per heavy atom. The third kappa shape index (κ3) is 12.4. The normalized spacial score (nSPS) is 11.7. The van der Waals surface area contributed by atoms with Crippen molar-refractivity contribution >= 4 is 150 Å². The Kier molecular flexibility index (Phi) is 17.3. The van der Waals surface area contributed by atoms with Crippen LogP contribution in [-0.4, -0.2) is 0 Å². The highest BCUT2D eigenvalue weighted by Gasteiger charge is 2.19. The lowest BCUT2D eigenvalue weighted by Gasteiger charge is -2.15. The molecule has 3 heteroatoms. The smallest absolute Gasteiger partial charge is 0.143 e. The van der Waals surface area contributed by atoms with Gasteiger partial charge in [0.05, 0.1) is 0 Å². The van der Waals surface area contributed by atoms with Gasteiger partial charge in [0.2, 0.25) is 0 Å². The van der Waals surface area contributed by atoms with Crippen LogP contribution in [0.4, 0.5) is 0 Å². The van der Waals surface area contributed by atoms with Gasteiger partial charge in [-0.05, 0) is 235 Å². The van der Waals surface area contributed by atoms with E-state index in [2.05, 4.69) is 404 Å². The SMILES string of the molecule is Cc1cc(C)c(-c2ccc3cc(-c4ccc(-c5cccc6c5sc5ccccc56)cc4)c4ccccc4c3c2)c(C)c1.Cc1ccc(-c2ccc3cc(-c4ccc(-c5cccc6c5sc5ccccc56)cc4)c4ccccc4c3c2)cc1.c1ccc2c(c1)cc(-c1ccc(-c3cccc4c3oc3ccccc34)cc1)c1ccccc12. The van der Waals surface area contributed by atoms with Gasteiger partial charge in [0, 0.05) is 56.7 Å². The minimum Gasteiger partial charge on any atom is -0.455 e. The van der Waals surface area contributed by atoms with E-state index in [4.69, 9.17) is 4.42 Å². The molecule has 0 aliphatic carbocycles. The maximum atomic E-state index is 6.26. The fourth-order valence-electron chi connectivity index (χ4n) is 18.1. The van der Waals surface area contributed by atoms with Crippen molar-refractivity contribution in [1.82, 2.24) is 0 Å². The first-order valence-corrected chi connectivity index (χ1v) is 41.3. The quantitative estimate of drug-likeness (QED) is 0.138. The second-order valence-corrected chi connectivity index (χ2v) is 32.8. The summed E-state index contributed by atoms with van der Waals surface area (Å²) in [6, 6.07) is 142. The second kappa shape index (κ2) is 28.7. The lowest BCUT2D eigenvalue weighted by molar-refractivity contribution is 0.670. The minimum absolute atomic E-state index is 0.930. The minimum atomic E-state index is 0.930. The Balaban J connectivity index is 0.000000109. The van der Waals surface area contributed by atoms with E-state index in [1.54, 1.807) is 0 Å². The van der Waals surface area contributed by atoms with Crippen molar-refractivity contribution in [3.8, 4) is 89.0 Å². The molecule has 115 heavy (non-hydrogen) atoms. The fraction of sp³-hybridized carbons (Fsp3) is 0.0357. The van der Waals surface area contributed by atoms with Crippen LogP contribution in [0.25, 0.3) is 216 Å². The first-order chi connectivity index (χ1) is 56.6. The van der Waals surface area contributed by atoms with E-state index in [0.717, 1.165) is 33.1 Å². The number of thiophene rings is 2. The first-order valence-electron chi connectivity index (χ1n) is 39.6. The summed E-state index contributed by atoms with van der Waals surface area (Å²) < 4.78 is 11.7. The van der Waals surface area contributed by atoms with E-state index in [1.807, 2.05) is 34.8 Å². The Labute approximate surface area is 676 Å². The lowest BCUT2D eigenvalue weighted by atomic mass is 9.89. The summed E-state index contributed by atoms with van der Waals surface area (Å²) in [4.78, 5) is 0. The van der Waals surface area contributed by atoms with Gasteiger partial charge in [-0.1, -0.05) is 351 Å². The fourth-order valence-corrected chi connectivity index (χ4v) is 20.6. The van der Waals surface area contributed by atoms with E-state index in [0.29, 0.717) is 0 Å². The number of hydrogen-bond donors (Lipinski definition) is 0. The molecule has 0 N–H and O–H groups in total. The molecule has 23 rings (SSSR count). The molecule has 0 unspecified atom stereocenters. The van der Waals surface area contributed by atoms with Crippen molar-refractivity contribution in [3.05, 3.63) is 411 Å². The summed E-state index contributed by atoms with van der Waals surface area (Å²) >= 11 is 3.78. The van der Waals surface area contributed by atoms with Gasteiger partial charge >= 0.3 is 0 Å². The van der Waals surface area contributed by atoms with Gasteiger partial charge in [-0.15, -0.1) is 22.7 Å². The summed E-state index contributed by atoms with van der Waals surface area (Å²) in [6.45, 7) is 8.77. The molecular weight excluding hydrogens is 1430 g/mol. The Hall–Kier alpha value is -13.8. The molecule has 0 radical (unpaired) electrons. The summed E-state index contributed by atoms with van der Waals surface area (Å²) in [5, 5.41) is 23.1. The zero-order chi connectivity index (χ0) is 76.8. The first kappa shape index (κ1) is 69.2. The second-order valence-electron chi connectivity index (χ2n) is 30.7. The van der Waals surface area contributed by atoms with Crippen LogP contribution in [0, 0.1) is 27.7 Å². The maximum absolute atomic E-state index is 6.26. The van der Waals surface area contributed by atoms with Gasteiger partial charge in [0.15, 0.2) is 0 Å². The van der Waals surface area contributed by atoms with Crippen LogP contribution in [0.3, 0.4) is 0 Å². The molecule has 1 nitrogen and oxygen atoms in total. The van der Waals surface area contributed by atoms with E-state index < -0.39 is 0 Å². The predicted molar refractivity (Wildman–Crippen MR) is 500 cm³/mol. The highest BCUT2D eigenvalue weighted by Crippen LogP contribution is 2.47. The van der Waals surface area contributed by atoms with Gasteiger partial charge in [-0.25, -0.2) is 0 Å². The van der Waals surface area contributed by atoms with Gasteiger partial charge < -0.3 is 4.42 Å². The standard InChI is InChI=1S/C41H30S.C39H26S.C32H20O/c1-25-21-26(2)40(27(3)22-25)31-20-19-30-23-37(33-9-4-5-10-34(33)38(30)24-31)29-17-15-28(16-18-29)32-12-8-13-36-35-11-6-7-14-39(35)42-41(32)36;1-25-13-15-26(16-14-25)29-21-22-30-24-36(32-7-2-3-8-33(32)37(30)23-29)28-19-17-27(18-20-28)31-10-6-11-35-34-9-4-5-12-38(34)40-39(31)35;1-2-9-24-23(8-1)20-30(27-11-4-3-10-26(24)27)22-18-16-21(17-19-22)25-13-7-14-29-28-12-5-6-15-31(28)33-32(25)29/h4-24H,1-3H3;2-24H,1H3;1-20H. The average molecular weight is 1500 g/mol. The predicted octanol–water partition coefficient (Wildman–Crippen LogP) is 33.2. The Morgan fingerprint density at radius 1 is 0.191 bits per heavy atom. The molecule has 0 aliphatic rings. The van der Waals surface area contributed by atoms with Crippen molar-refractivity contribution in [2.24, 2.45) is 0 Å². The molecule has 542 valence electrons. The van der Waals surface area contributed by atoms with E-state index in [-0.39, 0.29) is 0 Å². The molecule has 0 spiro atoms. The molecule has 0 aliphatic heterocycles. The number of benzene rings is 20. The third-order valence-corrected chi connectivity index (χ3v) is 26.0. The van der Waals surface area contributed by atoms with Crippen LogP contribution in [0.2, 0.25) is 0 Å². The maximum Gasteiger partial charge on any atom is 0.143 e. The number of hydrogen-bond acceptors (Lipinski definition) is 3. The molecule has 3 aromatic heterocycles. The zero-order valence-electron chi connectivity index (χ0n) is 64.2. The van der Waals surface area contributed by atoms with Crippen molar-refractivity contribution in [2.75, 3.05) is 0 Å². The molecule has 0 atom stereocenters. The van der Waals surface area contributed by atoms with E-state index in [1.165, 1.54) is 205 Å². The van der Waals surface area contributed by atoms with Crippen molar-refractivity contribution in [2.45, 2.75) is 27.7 Å². The van der Waals surface area contributed by atoms with Gasteiger partial charge in [-0.3, -0.25) is 0 Å². The topological polar surface area (TPSA) is 13.1 Å². The summed E-state index contributed by atoms with van der Waals surface area (Å²) in [5.74, 6) is 0. The van der Waals surface area contributed by atoms with Crippen LogP contribution in [-0.2, 0) is 0 Å². The van der Waals surface area contributed by atoms with Crippen LogP contribution < -0.4 is 0 Å². The van der Waals surface area contributed by atoms with Crippen molar-refractivity contribution in [1.29, 1.82) is 0 Å². The Morgan fingerprint density at radius 3 is 1.03 bits per heavy atom. The number of furan rings is 1. The van der Waals surface area contributed by atoms with Crippen LogP contribution in [0.1, 0.15) is 22.3 Å². The number of aryl methyl sites for hydroxylation is 4. The van der Waals surface area contributed by atoms with Crippen molar-refractivity contribution < 1.29 is 4.42 Å². The number of fused-ring (bicyclic) bond motifs is 18.